The predicted octanol–water partition coefficient (Wildman–Crippen LogP) is 4.12. The maximum absolute atomic E-state index is 6.32. The quantitative estimate of drug-likeness (QED) is 0.513. The van der Waals surface area contributed by atoms with E-state index in [-0.39, 0.29) is 0 Å². The van der Waals surface area contributed by atoms with Crippen molar-refractivity contribution < 1.29 is 27.8 Å². The second kappa shape index (κ2) is 5.15. The van der Waals surface area contributed by atoms with E-state index in [1.54, 1.807) is 0 Å². The first kappa shape index (κ1) is 11.8. The Morgan fingerprint density at radius 3 is 2.88 bits per heavy atom. The van der Waals surface area contributed by atoms with Gasteiger partial charge in [0.15, 0.2) is 0 Å². The van der Waals surface area contributed by atoms with Gasteiger partial charge in [0.05, 0.1) is 0 Å². The number of rotatable bonds is 2. The number of hydrogen-bond donors (Lipinski definition) is 0. The molecule has 0 N–H and O–H groups in total. The molecule has 1 aromatic heterocycles. The van der Waals surface area contributed by atoms with Gasteiger partial charge in [0, 0.05) is 0 Å². The molecule has 0 fully saturated rings. The van der Waals surface area contributed by atoms with Gasteiger partial charge in [-0.15, -0.1) is 0 Å². The topological polar surface area (TPSA) is 13.1 Å². The first-order valence-electron chi connectivity index (χ1n) is 6.11. The van der Waals surface area contributed by atoms with Gasteiger partial charge in [-0.2, -0.15) is 0 Å². The normalized spacial score (nSPS) is 19.5. The van der Waals surface area contributed by atoms with Gasteiger partial charge >= 0.3 is 117 Å². The third-order valence-corrected chi connectivity index (χ3v) is 9.72. The summed E-state index contributed by atoms with van der Waals surface area (Å²) in [5.74, 6) is 1.76. The molecule has 0 radical (unpaired) electrons. The molecule has 1 atom stereocenters. The van der Waals surface area contributed by atoms with Gasteiger partial charge in [-0.3, -0.25) is 0 Å². The van der Waals surface area contributed by atoms with E-state index in [9.17, 15) is 0 Å². The molecular weight excluding hydrogens is 420 g/mol. The van der Waals surface area contributed by atoms with E-state index in [1.807, 2.05) is 6.07 Å². The van der Waals surface area contributed by atoms with Gasteiger partial charge in [-0.1, -0.05) is 0 Å². The zero-order chi connectivity index (χ0) is 11.7. The van der Waals surface area contributed by atoms with E-state index < -0.39 is 23.3 Å². The number of halogens is 1. The standard InChI is InChI=1S/C14H13O.ClH.Hg/c1-2-6-11(7-3-1)14-10-12-8-4-5-9-13(12)15-14;;/h1-2,4-5,8-9,11H,3,6-7H2;1H;/q;;+1/p-1. The second-order valence-electron chi connectivity index (χ2n) is 4.56. The van der Waals surface area contributed by atoms with E-state index in [4.69, 9.17) is 12.7 Å². The van der Waals surface area contributed by atoms with Crippen LogP contribution in [0.2, 0.25) is 0 Å². The molecule has 84 valence electrons. The third-order valence-electron chi connectivity index (χ3n) is 3.50. The molecule has 2 aromatic rings. The van der Waals surface area contributed by atoms with Gasteiger partial charge in [0.1, 0.15) is 0 Å². The molecule has 1 heterocycles. The number of benzene rings is 1. The van der Waals surface area contributed by atoms with Gasteiger partial charge in [-0.25, -0.2) is 0 Å². The summed E-state index contributed by atoms with van der Waals surface area (Å²) in [4.78, 5) is 0. The van der Waals surface area contributed by atoms with Gasteiger partial charge < -0.3 is 0 Å². The van der Waals surface area contributed by atoms with Crippen LogP contribution < -0.4 is 3.07 Å². The summed E-state index contributed by atoms with van der Waals surface area (Å²) < 4.78 is 7.47. The molecule has 1 nitrogen and oxygen atoms in total. The van der Waals surface area contributed by atoms with Crippen molar-refractivity contribution in [1.29, 1.82) is 0 Å². The van der Waals surface area contributed by atoms with Crippen LogP contribution in [0.4, 0.5) is 0 Å². The first-order chi connectivity index (χ1) is 8.40. The number of fused-ring (bicyclic) bond motifs is 1. The van der Waals surface area contributed by atoms with Crippen molar-refractivity contribution in [2.75, 3.05) is 0 Å². The molecule has 0 saturated heterocycles. The van der Waals surface area contributed by atoms with Crippen LogP contribution in [0.15, 0.2) is 40.8 Å². The number of furan rings is 1. The fourth-order valence-corrected chi connectivity index (χ4v) is 8.65. The predicted molar refractivity (Wildman–Crippen MR) is 67.4 cm³/mol. The van der Waals surface area contributed by atoms with E-state index in [0.29, 0.717) is 5.92 Å². The molecule has 0 saturated carbocycles. The first-order valence-corrected chi connectivity index (χ1v) is 15.6. The Kier molecular flexibility index (Phi) is 3.57. The molecule has 0 aliphatic heterocycles. The SMILES string of the molecule is [Cl][Hg][c]1c(C2CC=CCC2)oc2ccccc12. The average Bonchev–Trinajstić information content (AvgIpc) is 2.78. The van der Waals surface area contributed by atoms with Gasteiger partial charge in [-0.05, 0) is 0 Å². The summed E-state index contributed by atoms with van der Waals surface area (Å²) >= 11 is -1.45. The minimum atomic E-state index is -1.45. The van der Waals surface area contributed by atoms with Crippen LogP contribution in [-0.2, 0) is 23.3 Å². The molecule has 0 spiro atoms. The Bertz CT molecular complexity index is 558. The van der Waals surface area contributed by atoms with Crippen molar-refractivity contribution in [2.24, 2.45) is 0 Å². The average molecular weight is 433 g/mol. The van der Waals surface area contributed by atoms with Crippen LogP contribution in [0.3, 0.4) is 0 Å². The van der Waals surface area contributed by atoms with E-state index in [0.717, 1.165) is 12.0 Å². The van der Waals surface area contributed by atoms with Gasteiger partial charge in [0.2, 0.25) is 0 Å². The number of para-hydroxylation sites is 1. The molecule has 1 aromatic carbocycles. The van der Waals surface area contributed by atoms with E-state index >= 15 is 0 Å². The zero-order valence-corrected chi connectivity index (χ0v) is 15.9. The Hall–Kier alpha value is -0.275. The summed E-state index contributed by atoms with van der Waals surface area (Å²) in [6.45, 7) is 0. The fraction of sp³-hybridized carbons (Fsp3) is 0.286. The summed E-state index contributed by atoms with van der Waals surface area (Å²) in [6.07, 6.45) is 8.02. The minimum absolute atomic E-state index is 0.557. The summed E-state index contributed by atoms with van der Waals surface area (Å²) in [6, 6.07) is 8.32. The molecule has 17 heavy (non-hydrogen) atoms. The molecule has 3 heteroatoms. The van der Waals surface area contributed by atoms with Crippen molar-refractivity contribution in [3.05, 3.63) is 42.2 Å². The summed E-state index contributed by atoms with van der Waals surface area (Å²) in [5.41, 5.74) is 1.02. The van der Waals surface area contributed by atoms with Crippen molar-refractivity contribution in [3.8, 4) is 0 Å². The monoisotopic (exact) mass is 434 g/mol. The van der Waals surface area contributed by atoms with Crippen LogP contribution in [0.5, 0.6) is 0 Å². The van der Waals surface area contributed by atoms with Crippen molar-refractivity contribution in [2.45, 2.75) is 25.2 Å². The van der Waals surface area contributed by atoms with Crippen LogP contribution in [0.25, 0.3) is 11.0 Å². The van der Waals surface area contributed by atoms with Crippen LogP contribution in [0.1, 0.15) is 30.9 Å². The molecule has 1 unspecified atom stereocenters. The van der Waals surface area contributed by atoms with Crippen LogP contribution in [-0.4, -0.2) is 0 Å². The molecule has 3 rings (SSSR count). The van der Waals surface area contributed by atoms with Crippen molar-refractivity contribution in [3.63, 3.8) is 0 Å². The molecule has 1 aliphatic rings. The third kappa shape index (κ3) is 2.20. The molecule has 0 bridgehead atoms. The molecular formula is C14H13ClHgO. The van der Waals surface area contributed by atoms with Crippen LogP contribution in [0, 0.1) is 0 Å². The Balaban J connectivity index is 2.11. The van der Waals surface area contributed by atoms with Crippen molar-refractivity contribution >= 4 is 22.3 Å². The van der Waals surface area contributed by atoms with E-state index in [2.05, 4.69) is 30.4 Å². The summed E-state index contributed by atoms with van der Waals surface area (Å²) in [5, 5.41) is 1.27. The Morgan fingerprint density at radius 2 is 2.12 bits per heavy atom. The zero-order valence-electron chi connectivity index (χ0n) is 9.66. The Morgan fingerprint density at radius 1 is 1.24 bits per heavy atom. The van der Waals surface area contributed by atoms with Crippen molar-refractivity contribution in [1.82, 2.24) is 0 Å². The van der Waals surface area contributed by atoms with Gasteiger partial charge in [0.25, 0.3) is 0 Å². The van der Waals surface area contributed by atoms with Crippen LogP contribution >= 0.6 is 8.25 Å². The fourth-order valence-electron chi connectivity index (χ4n) is 2.62. The summed E-state index contributed by atoms with van der Waals surface area (Å²) in [7, 11) is 6.32. The Labute approximate surface area is 117 Å². The number of allylic oxidation sites excluding steroid dienone is 2. The molecule has 0 amide bonds. The van der Waals surface area contributed by atoms with E-state index in [1.165, 1.54) is 27.1 Å². The second-order valence-corrected chi connectivity index (χ2v) is 10.7. The maximum atomic E-state index is 6.32. The number of hydrogen-bond acceptors (Lipinski definition) is 1. The molecule has 1 aliphatic carbocycles.